The first-order valence-electron chi connectivity index (χ1n) is 6.05. The Balaban J connectivity index is 2.58. The molecule has 0 heterocycles. The van der Waals surface area contributed by atoms with Gasteiger partial charge >= 0.3 is 5.97 Å². The fourth-order valence-corrected chi connectivity index (χ4v) is 1.49. The van der Waals surface area contributed by atoms with E-state index in [4.69, 9.17) is 15.6 Å². The summed E-state index contributed by atoms with van der Waals surface area (Å²) < 4.78 is 18.9. The number of nitrogen functional groups attached to an aromatic ring is 1. The highest BCUT2D eigenvalue weighted by Gasteiger charge is 2.12. The SMILES string of the molecule is CC(C)COCCNc1cc(C(=O)O)c(N)cc1F. The molecule has 0 saturated heterocycles. The zero-order valence-corrected chi connectivity index (χ0v) is 11.1. The van der Waals surface area contributed by atoms with Gasteiger partial charge in [0, 0.05) is 18.8 Å². The predicted molar refractivity (Wildman–Crippen MR) is 71.9 cm³/mol. The summed E-state index contributed by atoms with van der Waals surface area (Å²) >= 11 is 0. The van der Waals surface area contributed by atoms with Crippen LogP contribution in [0.25, 0.3) is 0 Å². The van der Waals surface area contributed by atoms with Crippen LogP contribution < -0.4 is 11.1 Å². The monoisotopic (exact) mass is 270 g/mol. The summed E-state index contributed by atoms with van der Waals surface area (Å²) in [7, 11) is 0. The average molecular weight is 270 g/mol. The van der Waals surface area contributed by atoms with Crippen molar-refractivity contribution in [2.45, 2.75) is 13.8 Å². The van der Waals surface area contributed by atoms with Gasteiger partial charge in [-0.05, 0) is 18.1 Å². The third-order valence-corrected chi connectivity index (χ3v) is 2.38. The second kappa shape index (κ2) is 6.94. The lowest BCUT2D eigenvalue weighted by Crippen LogP contribution is -2.14. The average Bonchev–Trinajstić information content (AvgIpc) is 2.30. The van der Waals surface area contributed by atoms with Crippen molar-refractivity contribution in [2.24, 2.45) is 5.92 Å². The Hall–Kier alpha value is -1.82. The van der Waals surface area contributed by atoms with Gasteiger partial charge in [0.25, 0.3) is 0 Å². The number of carbonyl (C=O) groups is 1. The number of anilines is 2. The lowest BCUT2D eigenvalue weighted by Gasteiger charge is -2.11. The number of aromatic carboxylic acids is 1. The van der Waals surface area contributed by atoms with Gasteiger partial charge in [0.05, 0.1) is 17.9 Å². The zero-order chi connectivity index (χ0) is 14.4. The molecule has 0 amide bonds. The molecule has 0 bridgehead atoms. The van der Waals surface area contributed by atoms with E-state index in [0.29, 0.717) is 25.7 Å². The standard InChI is InChI=1S/C13H19FN2O3/c1-8(2)7-19-4-3-16-12-5-9(13(17)18)11(15)6-10(12)14/h5-6,8,16H,3-4,7,15H2,1-2H3,(H,17,18). The number of benzene rings is 1. The molecule has 5 nitrogen and oxygen atoms in total. The van der Waals surface area contributed by atoms with Crippen molar-refractivity contribution in [1.82, 2.24) is 0 Å². The van der Waals surface area contributed by atoms with E-state index in [9.17, 15) is 9.18 Å². The Kier molecular flexibility index (Phi) is 5.57. The molecule has 106 valence electrons. The van der Waals surface area contributed by atoms with Gasteiger partial charge in [-0.15, -0.1) is 0 Å². The lowest BCUT2D eigenvalue weighted by molar-refractivity contribution is 0.0698. The number of nitrogens with one attached hydrogen (secondary N) is 1. The summed E-state index contributed by atoms with van der Waals surface area (Å²) in [6.07, 6.45) is 0. The molecule has 19 heavy (non-hydrogen) atoms. The first kappa shape index (κ1) is 15.2. The Morgan fingerprint density at radius 1 is 1.53 bits per heavy atom. The highest BCUT2D eigenvalue weighted by atomic mass is 19.1. The second-order valence-electron chi connectivity index (χ2n) is 4.62. The molecule has 0 spiro atoms. The van der Waals surface area contributed by atoms with E-state index in [2.05, 4.69) is 5.32 Å². The second-order valence-corrected chi connectivity index (χ2v) is 4.62. The Morgan fingerprint density at radius 2 is 2.21 bits per heavy atom. The maximum atomic E-state index is 13.6. The maximum absolute atomic E-state index is 13.6. The van der Waals surface area contributed by atoms with Crippen molar-refractivity contribution in [3.05, 3.63) is 23.5 Å². The van der Waals surface area contributed by atoms with Crippen molar-refractivity contribution in [3.8, 4) is 0 Å². The summed E-state index contributed by atoms with van der Waals surface area (Å²) in [6, 6.07) is 2.19. The van der Waals surface area contributed by atoms with Crippen molar-refractivity contribution >= 4 is 17.3 Å². The topological polar surface area (TPSA) is 84.6 Å². The van der Waals surface area contributed by atoms with Crippen LogP contribution in [-0.4, -0.2) is 30.8 Å². The first-order valence-corrected chi connectivity index (χ1v) is 6.05. The highest BCUT2D eigenvalue weighted by molar-refractivity contribution is 5.94. The minimum atomic E-state index is -1.18. The molecule has 1 aromatic rings. The molecule has 0 radical (unpaired) electrons. The van der Waals surface area contributed by atoms with Crippen molar-refractivity contribution in [2.75, 3.05) is 30.8 Å². The fourth-order valence-electron chi connectivity index (χ4n) is 1.49. The van der Waals surface area contributed by atoms with Gasteiger partial charge in [-0.2, -0.15) is 0 Å². The molecule has 1 rings (SSSR count). The number of hydrogen-bond donors (Lipinski definition) is 3. The lowest BCUT2D eigenvalue weighted by atomic mass is 10.1. The Bertz CT molecular complexity index is 450. The number of carboxylic acids is 1. The van der Waals surface area contributed by atoms with Crippen LogP contribution in [0.1, 0.15) is 24.2 Å². The summed E-state index contributed by atoms with van der Waals surface area (Å²) in [5.41, 5.74) is 5.33. The van der Waals surface area contributed by atoms with Crippen molar-refractivity contribution in [3.63, 3.8) is 0 Å². The van der Waals surface area contributed by atoms with Crippen molar-refractivity contribution in [1.29, 1.82) is 0 Å². The quantitative estimate of drug-likeness (QED) is 0.522. The minimum Gasteiger partial charge on any atom is -0.478 e. The summed E-state index contributed by atoms with van der Waals surface area (Å²) in [5, 5.41) is 11.7. The molecule has 0 saturated carbocycles. The molecule has 0 aromatic heterocycles. The molecule has 0 unspecified atom stereocenters. The van der Waals surface area contributed by atoms with E-state index >= 15 is 0 Å². The van der Waals surface area contributed by atoms with Crippen LogP contribution in [0.15, 0.2) is 12.1 Å². The summed E-state index contributed by atoms with van der Waals surface area (Å²) in [6.45, 7) is 5.52. The summed E-state index contributed by atoms with van der Waals surface area (Å²) in [5.74, 6) is -1.32. The van der Waals surface area contributed by atoms with Gasteiger partial charge in [-0.25, -0.2) is 9.18 Å². The number of carboxylic acid groups (broad SMARTS) is 1. The fraction of sp³-hybridized carbons (Fsp3) is 0.462. The van der Waals surface area contributed by atoms with E-state index in [1.165, 1.54) is 6.07 Å². The third-order valence-electron chi connectivity index (χ3n) is 2.38. The number of halogens is 1. The molecule has 0 aliphatic rings. The van der Waals surface area contributed by atoms with Crippen LogP contribution >= 0.6 is 0 Å². The van der Waals surface area contributed by atoms with E-state index in [1.54, 1.807) is 0 Å². The first-order chi connectivity index (χ1) is 8.91. The number of nitrogens with two attached hydrogens (primary N) is 1. The van der Waals surface area contributed by atoms with Crippen LogP contribution in [0.2, 0.25) is 0 Å². The third kappa shape index (κ3) is 4.75. The largest absolute Gasteiger partial charge is 0.478 e. The smallest absolute Gasteiger partial charge is 0.337 e. The van der Waals surface area contributed by atoms with E-state index in [0.717, 1.165) is 6.07 Å². The van der Waals surface area contributed by atoms with Gasteiger partial charge in [-0.1, -0.05) is 13.8 Å². The van der Waals surface area contributed by atoms with E-state index in [1.807, 2.05) is 13.8 Å². The molecule has 0 aliphatic carbocycles. The van der Waals surface area contributed by atoms with Crippen LogP contribution in [-0.2, 0) is 4.74 Å². The number of ether oxygens (including phenoxy) is 1. The zero-order valence-electron chi connectivity index (χ0n) is 11.1. The van der Waals surface area contributed by atoms with Gasteiger partial charge < -0.3 is 20.9 Å². The number of rotatable bonds is 7. The molecule has 1 aromatic carbocycles. The molecule has 0 atom stereocenters. The minimum absolute atomic E-state index is 0.0911. The Labute approximate surface area is 111 Å². The van der Waals surface area contributed by atoms with Gasteiger partial charge in [-0.3, -0.25) is 0 Å². The maximum Gasteiger partial charge on any atom is 0.337 e. The van der Waals surface area contributed by atoms with E-state index in [-0.39, 0.29) is 16.9 Å². The van der Waals surface area contributed by atoms with Crippen LogP contribution in [0, 0.1) is 11.7 Å². The molecular weight excluding hydrogens is 251 g/mol. The molecule has 6 heteroatoms. The Morgan fingerprint density at radius 3 is 2.79 bits per heavy atom. The highest BCUT2D eigenvalue weighted by Crippen LogP contribution is 2.22. The van der Waals surface area contributed by atoms with Crippen molar-refractivity contribution < 1.29 is 19.0 Å². The van der Waals surface area contributed by atoms with Crippen LogP contribution in [0.4, 0.5) is 15.8 Å². The van der Waals surface area contributed by atoms with Crippen LogP contribution in [0.5, 0.6) is 0 Å². The van der Waals surface area contributed by atoms with Gasteiger partial charge in [0.1, 0.15) is 5.82 Å². The molecular formula is C13H19FN2O3. The predicted octanol–water partition coefficient (Wildman–Crippen LogP) is 2.19. The molecule has 4 N–H and O–H groups in total. The summed E-state index contributed by atoms with van der Waals surface area (Å²) in [4.78, 5) is 10.9. The van der Waals surface area contributed by atoms with Gasteiger partial charge in [0.15, 0.2) is 0 Å². The molecule has 0 aliphatic heterocycles. The van der Waals surface area contributed by atoms with Gasteiger partial charge in [0.2, 0.25) is 0 Å². The van der Waals surface area contributed by atoms with Crippen LogP contribution in [0.3, 0.4) is 0 Å². The number of hydrogen-bond acceptors (Lipinski definition) is 4. The molecule has 0 fully saturated rings. The normalized spacial score (nSPS) is 10.7. The van der Waals surface area contributed by atoms with E-state index < -0.39 is 11.8 Å².